The summed E-state index contributed by atoms with van der Waals surface area (Å²) in [5.74, 6) is -0.368. The van der Waals surface area contributed by atoms with Crippen LogP contribution in [0.15, 0.2) is 23.8 Å². The first-order valence-electron chi connectivity index (χ1n) is 7.76. The van der Waals surface area contributed by atoms with Gasteiger partial charge in [-0.1, -0.05) is 31.6 Å². The van der Waals surface area contributed by atoms with Crippen LogP contribution in [0.2, 0.25) is 0 Å². The van der Waals surface area contributed by atoms with Crippen molar-refractivity contribution in [3.63, 3.8) is 0 Å². The predicted molar refractivity (Wildman–Crippen MR) is 89.8 cm³/mol. The van der Waals surface area contributed by atoms with E-state index in [0.717, 1.165) is 36.9 Å². The molecule has 0 radical (unpaired) electrons. The third kappa shape index (κ3) is 3.75. The Hall–Kier alpha value is -1.82. The highest BCUT2D eigenvalue weighted by atomic mass is 32.1. The van der Waals surface area contributed by atoms with E-state index in [1.807, 2.05) is 6.08 Å². The molecule has 2 aromatic rings. The van der Waals surface area contributed by atoms with Crippen molar-refractivity contribution >= 4 is 22.7 Å². The number of piperidine rings is 1. The lowest BCUT2D eigenvalue weighted by atomic mass is 10.0. The van der Waals surface area contributed by atoms with Gasteiger partial charge < -0.3 is 4.90 Å². The van der Waals surface area contributed by atoms with Gasteiger partial charge in [-0.05, 0) is 30.5 Å². The predicted octanol–water partition coefficient (Wildman–Crippen LogP) is 4.62. The van der Waals surface area contributed by atoms with Crippen LogP contribution in [0.5, 0.6) is 0 Å². The van der Waals surface area contributed by atoms with Gasteiger partial charge in [0.05, 0.1) is 0 Å². The van der Waals surface area contributed by atoms with Gasteiger partial charge >= 0.3 is 0 Å². The van der Waals surface area contributed by atoms with Crippen molar-refractivity contribution in [1.29, 1.82) is 0 Å². The lowest BCUT2D eigenvalue weighted by Gasteiger charge is -2.27. The fourth-order valence-corrected chi connectivity index (χ4v) is 3.42. The molecule has 6 heteroatoms. The number of rotatable bonds is 3. The SMILES string of the molecule is CC(C)c1nsc(N2CCC(=Cc3ccc(F)c(F)c3)CC2)n1. The highest BCUT2D eigenvalue weighted by Gasteiger charge is 2.18. The highest BCUT2D eigenvalue weighted by molar-refractivity contribution is 7.09. The Morgan fingerprint density at radius 2 is 1.91 bits per heavy atom. The summed E-state index contributed by atoms with van der Waals surface area (Å²) in [5.41, 5.74) is 1.96. The Labute approximate surface area is 138 Å². The van der Waals surface area contributed by atoms with E-state index in [4.69, 9.17) is 0 Å². The Kier molecular flexibility index (Phi) is 4.71. The second kappa shape index (κ2) is 6.74. The lowest BCUT2D eigenvalue weighted by molar-refractivity contribution is 0.508. The van der Waals surface area contributed by atoms with Crippen LogP contribution in [0.3, 0.4) is 0 Å². The maximum atomic E-state index is 13.3. The molecule has 0 spiro atoms. The Balaban J connectivity index is 1.65. The number of nitrogens with zero attached hydrogens (tertiary/aromatic N) is 3. The van der Waals surface area contributed by atoms with Gasteiger partial charge in [-0.15, -0.1) is 0 Å². The first kappa shape index (κ1) is 16.1. The zero-order chi connectivity index (χ0) is 16.4. The molecule has 0 bridgehead atoms. The van der Waals surface area contributed by atoms with Crippen molar-refractivity contribution in [3.05, 3.63) is 46.8 Å². The van der Waals surface area contributed by atoms with Crippen LogP contribution in [0.1, 0.15) is 44.0 Å². The first-order valence-corrected chi connectivity index (χ1v) is 8.53. The van der Waals surface area contributed by atoms with Crippen molar-refractivity contribution < 1.29 is 8.78 Å². The van der Waals surface area contributed by atoms with Crippen molar-refractivity contribution in [2.75, 3.05) is 18.0 Å². The summed E-state index contributed by atoms with van der Waals surface area (Å²) in [6.45, 7) is 5.93. The lowest BCUT2D eigenvalue weighted by Crippen LogP contribution is -2.30. The molecule has 0 atom stereocenters. The summed E-state index contributed by atoms with van der Waals surface area (Å²) < 4.78 is 30.6. The molecule has 1 saturated heterocycles. The second-order valence-electron chi connectivity index (χ2n) is 6.05. The van der Waals surface area contributed by atoms with E-state index in [-0.39, 0.29) is 0 Å². The van der Waals surface area contributed by atoms with E-state index >= 15 is 0 Å². The monoisotopic (exact) mass is 335 g/mol. The largest absolute Gasteiger partial charge is 0.346 e. The molecule has 0 amide bonds. The minimum absolute atomic E-state index is 0.341. The number of aromatic nitrogens is 2. The molecule has 0 N–H and O–H groups in total. The van der Waals surface area contributed by atoms with Crippen LogP contribution in [0.4, 0.5) is 13.9 Å². The third-order valence-electron chi connectivity index (χ3n) is 3.94. The minimum atomic E-state index is -0.806. The topological polar surface area (TPSA) is 29.0 Å². The smallest absolute Gasteiger partial charge is 0.205 e. The molecule has 122 valence electrons. The number of benzene rings is 1. The molecule has 0 saturated carbocycles. The molecule has 3 nitrogen and oxygen atoms in total. The van der Waals surface area contributed by atoms with Crippen LogP contribution < -0.4 is 4.90 Å². The van der Waals surface area contributed by atoms with Gasteiger partial charge in [0.2, 0.25) is 5.13 Å². The Morgan fingerprint density at radius 1 is 1.17 bits per heavy atom. The van der Waals surface area contributed by atoms with E-state index in [2.05, 4.69) is 28.1 Å². The minimum Gasteiger partial charge on any atom is -0.346 e. The summed E-state index contributed by atoms with van der Waals surface area (Å²) in [5, 5.41) is 0.973. The molecule has 1 aliphatic rings. The fourth-order valence-electron chi connectivity index (χ4n) is 2.56. The summed E-state index contributed by atoms with van der Waals surface area (Å²) in [7, 11) is 0. The van der Waals surface area contributed by atoms with Gasteiger partial charge in [-0.2, -0.15) is 4.37 Å². The molecule has 2 heterocycles. The average molecular weight is 335 g/mol. The maximum Gasteiger partial charge on any atom is 0.205 e. The molecule has 0 aliphatic carbocycles. The number of hydrogen-bond donors (Lipinski definition) is 0. The summed E-state index contributed by atoms with van der Waals surface area (Å²) in [6.07, 6.45) is 3.75. The molecule has 1 aromatic heterocycles. The van der Waals surface area contributed by atoms with Gasteiger partial charge in [0.25, 0.3) is 0 Å². The van der Waals surface area contributed by atoms with Crippen molar-refractivity contribution in [2.45, 2.75) is 32.6 Å². The fraction of sp³-hybridized carbons (Fsp3) is 0.412. The molecule has 23 heavy (non-hydrogen) atoms. The third-order valence-corrected chi connectivity index (χ3v) is 4.73. The van der Waals surface area contributed by atoms with E-state index in [0.29, 0.717) is 11.5 Å². The molecule has 1 aromatic carbocycles. The molecular weight excluding hydrogens is 316 g/mol. The maximum absolute atomic E-state index is 13.3. The van der Waals surface area contributed by atoms with Gasteiger partial charge in [0, 0.05) is 30.5 Å². The summed E-state index contributed by atoms with van der Waals surface area (Å²) in [6, 6.07) is 4.03. The van der Waals surface area contributed by atoms with Crippen LogP contribution in [-0.4, -0.2) is 22.4 Å². The second-order valence-corrected chi connectivity index (χ2v) is 6.78. The number of halogens is 2. The molecule has 0 unspecified atom stereocenters. The molecule has 1 aliphatic heterocycles. The van der Waals surface area contributed by atoms with Crippen molar-refractivity contribution in [2.24, 2.45) is 0 Å². The van der Waals surface area contributed by atoms with Gasteiger partial charge in [-0.25, -0.2) is 13.8 Å². The van der Waals surface area contributed by atoms with Crippen LogP contribution in [-0.2, 0) is 0 Å². The van der Waals surface area contributed by atoms with Gasteiger partial charge in [0.1, 0.15) is 5.82 Å². The molecular formula is C17H19F2N3S. The average Bonchev–Trinajstić information content (AvgIpc) is 3.02. The zero-order valence-electron chi connectivity index (χ0n) is 13.2. The standard InChI is InChI=1S/C17H19F2N3S/c1-11(2)16-20-17(23-21-16)22-7-5-12(6-8-22)9-13-3-4-14(18)15(19)10-13/h3-4,9-11H,5-8H2,1-2H3. The summed E-state index contributed by atoms with van der Waals surface area (Å²) in [4.78, 5) is 6.83. The molecule has 1 fully saturated rings. The number of anilines is 1. The van der Waals surface area contributed by atoms with E-state index in [1.165, 1.54) is 29.2 Å². The first-order chi connectivity index (χ1) is 11.0. The van der Waals surface area contributed by atoms with Crippen LogP contribution in [0, 0.1) is 11.6 Å². The normalized spacial score (nSPS) is 15.3. The highest BCUT2D eigenvalue weighted by Crippen LogP contribution is 2.27. The van der Waals surface area contributed by atoms with Gasteiger partial charge in [0.15, 0.2) is 11.6 Å². The van der Waals surface area contributed by atoms with Crippen LogP contribution in [0.25, 0.3) is 6.08 Å². The molecule has 3 rings (SSSR count). The van der Waals surface area contributed by atoms with E-state index < -0.39 is 11.6 Å². The Bertz CT molecular complexity index is 714. The van der Waals surface area contributed by atoms with Crippen molar-refractivity contribution in [1.82, 2.24) is 9.36 Å². The van der Waals surface area contributed by atoms with Crippen molar-refractivity contribution in [3.8, 4) is 0 Å². The van der Waals surface area contributed by atoms with E-state index in [9.17, 15) is 8.78 Å². The van der Waals surface area contributed by atoms with E-state index in [1.54, 1.807) is 6.07 Å². The van der Waals surface area contributed by atoms with Gasteiger partial charge in [-0.3, -0.25) is 0 Å². The quantitative estimate of drug-likeness (QED) is 0.819. The van der Waals surface area contributed by atoms with Crippen LogP contribution >= 0.6 is 11.5 Å². The summed E-state index contributed by atoms with van der Waals surface area (Å²) >= 11 is 1.45. The zero-order valence-corrected chi connectivity index (χ0v) is 14.0. The number of hydrogen-bond acceptors (Lipinski definition) is 4. The Morgan fingerprint density at radius 3 is 2.52 bits per heavy atom.